The van der Waals surface area contributed by atoms with Gasteiger partial charge in [-0.2, -0.15) is 5.10 Å². The largest absolute Gasteiger partial charge is 0.324 e. The van der Waals surface area contributed by atoms with E-state index in [0.717, 1.165) is 22.2 Å². The molecule has 0 bridgehead atoms. The van der Waals surface area contributed by atoms with E-state index in [0.29, 0.717) is 0 Å². The van der Waals surface area contributed by atoms with Crippen molar-refractivity contribution in [2.75, 3.05) is 5.32 Å². The van der Waals surface area contributed by atoms with E-state index >= 15 is 0 Å². The topological polar surface area (TPSA) is 57.8 Å². The fourth-order valence-corrected chi connectivity index (χ4v) is 1.50. The van der Waals surface area contributed by atoms with E-state index in [1.165, 1.54) is 6.92 Å². The molecule has 1 aromatic carbocycles. The van der Waals surface area contributed by atoms with Crippen molar-refractivity contribution in [2.45, 2.75) is 13.8 Å². The summed E-state index contributed by atoms with van der Waals surface area (Å²) in [4.78, 5) is 10.9. The summed E-state index contributed by atoms with van der Waals surface area (Å²) >= 11 is 0. The Labute approximate surface area is 81.3 Å². The molecule has 0 saturated heterocycles. The van der Waals surface area contributed by atoms with Crippen LogP contribution in [-0.2, 0) is 4.79 Å². The number of aromatic amines is 1. The first kappa shape index (κ1) is 8.74. The Kier molecular flexibility index (Phi) is 1.96. The van der Waals surface area contributed by atoms with Gasteiger partial charge in [-0.3, -0.25) is 9.89 Å². The third kappa shape index (κ3) is 1.46. The Morgan fingerprint density at radius 3 is 3.00 bits per heavy atom. The Morgan fingerprint density at radius 2 is 2.29 bits per heavy atom. The maximum absolute atomic E-state index is 10.9. The van der Waals surface area contributed by atoms with Crippen LogP contribution in [0.3, 0.4) is 0 Å². The minimum atomic E-state index is -0.0773. The molecule has 1 amide bonds. The van der Waals surface area contributed by atoms with E-state index in [9.17, 15) is 4.79 Å². The molecule has 2 rings (SSSR count). The van der Waals surface area contributed by atoms with Crippen LogP contribution in [0.15, 0.2) is 18.3 Å². The van der Waals surface area contributed by atoms with E-state index in [-0.39, 0.29) is 5.91 Å². The molecule has 0 aliphatic rings. The summed E-state index contributed by atoms with van der Waals surface area (Å²) in [5.41, 5.74) is 2.75. The van der Waals surface area contributed by atoms with Gasteiger partial charge in [-0.1, -0.05) is 0 Å². The van der Waals surface area contributed by atoms with Crippen molar-refractivity contribution in [3.8, 4) is 0 Å². The summed E-state index contributed by atoms with van der Waals surface area (Å²) in [5, 5.41) is 10.6. The molecule has 0 fully saturated rings. The zero-order valence-corrected chi connectivity index (χ0v) is 8.09. The third-order valence-corrected chi connectivity index (χ3v) is 2.00. The highest BCUT2D eigenvalue weighted by Crippen LogP contribution is 2.22. The first-order valence-electron chi connectivity index (χ1n) is 4.38. The van der Waals surface area contributed by atoms with Crippen LogP contribution in [0.1, 0.15) is 12.5 Å². The summed E-state index contributed by atoms with van der Waals surface area (Å²) in [7, 11) is 0. The minimum absolute atomic E-state index is 0.0773. The van der Waals surface area contributed by atoms with Gasteiger partial charge in [-0.15, -0.1) is 0 Å². The minimum Gasteiger partial charge on any atom is -0.324 e. The summed E-state index contributed by atoms with van der Waals surface area (Å²) in [6.45, 7) is 3.47. The monoisotopic (exact) mass is 189 g/mol. The highest BCUT2D eigenvalue weighted by Gasteiger charge is 2.04. The van der Waals surface area contributed by atoms with Gasteiger partial charge in [0.05, 0.1) is 17.4 Å². The van der Waals surface area contributed by atoms with Gasteiger partial charge in [-0.05, 0) is 24.6 Å². The molecule has 0 aliphatic carbocycles. The van der Waals surface area contributed by atoms with Crippen LogP contribution in [0, 0.1) is 6.92 Å². The van der Waals surface area contributed by atoms with Gasteiger partial charge in [0.2, 0.25) is 5.91 Å². The average Bonchev–Trinajstić information content (AvgIpc) is 2.50. The van der Waals surface area contributed by atoms with Gasteiger partial charge in [0, 0.05) is 12.3 Å². The number of hydrogen-bond donors (Lipinski definition) is 2. The van der Waals surface area contributed by atoms with Crippen LogP contribution in [0.5, 0.6) is 0 Å². The number of amides is 1. The van der Waals surface area contributed by atoms with Crippen molar-refractivity contribution in [1.29, 1.82) is 0 Å². The number of hydrogen-bond acceptors (Lipinski definition) is 2. The van der Waals surface area contributed by atoms with Crippen molar-refractivity contribution in [3.05, 3.63) is 23.9 Å². The molecule has 0 unspecified atom stereocenters. The first-order chi connectivity index (χ1) is 6.66. The molecule has 0 radical (unpaired) electrons. The molecule has 0 spiro atoms. The van der Waals surface area contributed by atoms with Crippen LogP contribution >= 0.6 is 0 Å². The van der Waals surface area contributed by atoms with E-state index in [4.69, 9.17) is 0 Å². The molecule has 2 aromatic rings. The Bertz CT molecular complexity index is 487. The van der Waals surface area contributed by atoms with Gasteiger partial charge >= 0.3 is 0 Å². The lowest BCUT2D eigenvalue weighted by atomic mass is 10.1. The summed E-state index contributed by atoms with van der Waals surface area (Å²) in [5.74, 6) is -0.0773. The van der Waals surface area contributed by atoms with Crippen molar-refractivity contribution in [2.24, 2.45) is 0 Å². The van der Waals surface area contributed by atoms with Crippen LogP contribution in [0.4, 0.5) is 5.69 Å². The number of aryl methyl sites for hydroxylation is 1. The normalized spacial score (nSPS) is 10.4. The molecule has 2 N–H and O–H groups in total. The smallest absolute Gasteiger partial charge is 0.221 e. The molecular formula is C10H11N3O. The summed E-state index contributed by atoms with van der Waals surface area (Å²) in [6.07, 6.45) is 1.74. The Balaban J connectivity index is 2.60. The Hall–Kier alpha value is -1.84. The van der Waals surface area contributed by atoms with Crippen LogP contribution in [0.2, 0.25) is 0 Å². The van der Waals surface area contributed by atoms with Crippen molar-refractivity contribution in [1.82, 2.24) is 10.2 Å². The second-order valence-corrected chi connectivity index (χ2v) is 3.33. The van der Waals surface area contributed by atoms with E-state index in [1.54, 1.807) is 6.20 Å². The molecular weight excluding hydrogens is 178 g/mol. The SMILES string of the molecule is CC(=O)Nc1cc(C)cc2cn[nH]c12. The number of aromatic nitrogens is 2. The maximum Gasteiger partial charge on any atom is 0.221 e. The van der Waals surface area contributed by atoms with E-state index in [2.05, 4.69) is 15.5 Å². The fourth-order valence-electron chi connectivity index (χ4n) is 1.50. The highest BCUT2D eigenvalue weighted by atomic mass is 16.1. The molecule has 1 heterocycles. The lowest BCUT2D eigenvalue weighted by Crippen LogP contribution is -2.06. The molecule has 72 valence electrons. The van der Waals surface area contributed by atoms with Gasteiger partial charge < -0.3 is 5.32 Å². The molecule has 0 aliphatic heterocycles. The Morgan fingerprint density at radius 1 is 1.50 bits per heavy atom. The second kappa shape index (κ2) is 3.14. The lowest BCUT2D eigenvalue weighted by molar-refractivity contribution is -0.114. The number of benzene rings is 1. The van der Waals surface area contributed by atoms with Gasteiger partial charge in [0.15, 0.2) is 0 Å². The lowest BCUT2D eigenvalue weighted by Gasteiger charge is -2.04. The molecule has 0 atom stereocenters. The quantitative estimate of drug-likeness (QED) is 0.719. The van der Waals surface area contributed by atoms with E-state index < -0.39 is 0 Å². The van der Waals surface area contributed by atoms with Crippen molar-refractivity contribution < 1.29 is 4.79 Å². The van der Waals surface area contributed by atoms with Gasteiger partial charge in [0.1, 0.15) is 0 Å². The number of carbonyl (C=O) groups excluding carboxylic acids is 1. The summed E-state index contributed by atoms with van der Waals surface area (Å²) < 4.78 is 0. The molecule has 0 saturated carbocycles. The first-order valence-corrected chi connectivity index (χ1v) is 4.38. The number of fused-ring (bicyclic) bond motifs is 1. The van der Waals surface area contributed by atoms with Crippen LogP contribution < -0.4 is 5.32 Å². The molecule has 14 heavy (non-hydrogen) atoms. The number of nitrogens with one attached hydrogen (secondary N) is 2. The van der Waals surface area contributed by atoms with E-state index in [1.807, 2.05) is 19.1 Å². The predicted octanol–water partition coefficient (Wildman–Crippen LogP) is 1.83. The number of rotatable bonds is 1. The van der Waals surface area contributed by atoms with Crippen molar-refractivity contribution >= 4 is 22.5 Å². The van der Waals surface area contributed by atoms with Crippen molar-refractivity contribution in [3.63, 3.8) is 0 Å². The fraction of sp³-hybridized carbons (Fsp3) is 0.200. The second-order valence-electron chi connectivity index (χ2n) is 3.33. The average molecular weight is 189 g/mol. The molecule has 4 heteroatoms. The third-order valence-electron chi connectivity index (χ3n) is 2.00. The van der Waals surface area contributed by atoms with Gasteiger partial charge in [0.25, 0.3) is 0 Å². The summed E-state index contributed by atoms with van der Waals surface area (Å²) in [6, 6.07) is 3.94. The standard InChI is InChI=1S/C10H11N3O/c1-6-3-8-5-11-13-10(8)9(4-6)12-7(2)14/h3-5H,1-2H3,(H,11,13)(H,12,14). The van der Waals surface area contributed by atoms with Gasteiger partial charge in [-0.25, -0.2) is 0 Å². The number of nitrogens with zero attached hydrogens (tertiary/aromatic N) is 1. The molecule has 4 nitrogen and oxygen atoms in total. The highest BCUT2D eigenvalue weighted by molar-refractivity contribution is 5.99. The zero-order valence-electron chi connectivity index (χ0n) is 8.09. The number of anilines is 1. The molecule has 1 aromatic heterocycles. The number of H-pyrrole nitrogens is 1. The predicted molar refractivity (Wildman–Crippen MR) is 55.1 cm³/mol. The number of carbonyl (C=O) groups is 1. The zero-order chi connectivity index (χ0) is 10.1. The van der Waals surface area contributed by atoms with Crippen LogP contribution in [-0.4, -0.2) is 16.1 Å². The van der Waals surface area contributed by atoms with Crippen LogP contribution in [0.25, 0.3) is 10.9 Å². The maximum atomic E-state index is 10.9.